The van der Waals surface area contributed by atoms with Crippen LogP contribution < -0.4 is 5.32 Å². The van der Waals surface area contributed by atoms with Crippen LogP contribution in [0.3, 0.4) is 0 Å². The Kier molecular flexibility index (Phi) is 5.45. The van der Waals surface area contributed by atoms with E-state index < -0.39 is 9.84 Å². The van der Waals surface area contributed by atoms with Gasteiger partial charge in [-0.1, -0.05) is 0 Å². The molecule has 2 fully saturated rings. The first-order chi connectivity index (χ1) is 8.66. The van der Waals surface area contributed by atoms with Gasteiger partial charge in [-0.25, -0.2) is 8.42 Å². The average molecular weight is 274 g/mol. The minimum absolute atomic E-state index is 0.359. The largest absolute Gasteiger partial charge is 0.316 e. The van der Waals surface area contributed by atoms with Crippen LogP contribution in [0.1, 0.15) is 32.1 Å². The van der Waals surface area contributed by atoms with Crippen LogP contribution in [0.2, 0.25) is 0 Å². The fourth-order valence-electron chi connectivity index (χ4n) is 2.99. The molecule has 4 nitrogen and oxygen atoms in total. The van der Waals surface area contributed by atoms with Gasteiger partial charge in [0.1, 0.15) is 0 Å². The quantitative estimate of drug-likeness (QED) is 0.827. The summed E-state index contributed by atoms with van der Waals surface area (Å²) in [6.45, 7) is 5.13. The summed E-state index contributed by atoms with van der Waals surface area (Å²) in [6, 6.07) is 0. The highest BCUT2D eigenvalue weighted by atomic mass is 32.2. The number of piperidine rings is 1. The summed E-state index contributed by atoms with van der Waals surface area (Å²) in [5.74, 6) is 1.59. The van der Waals surface area contributed by atoms with Gasteiger partial charge >= 0.3 is 0 Å². The number of hydrogen-bond donors (Lipinski definition) is 1. The van der Waals surface area contributed by atoms with Crippen LogP contribution in [-0.4, -0.2) is 57.5 Å². The van der Waals surface area contributed by atoms with E-state index in [2.05, 4.69) is 10.2 Å². The summed E-state index contributed by atoms with van der Waals surface area (Å²) in [4.78, 5) is 2.33. The van der Waals surface area contributed by atoms with Gasteiger partial charge in [-0.15, -0.1) is 0 Å². The van der Waals surface area contributed by atoms with Gasteiger partial charge in [-0.05, 0) is 64.2 Å². The first kappa shape index (κ1) is 14.3. The summed E-state index contributed by atoms with van der Waals surface area (Å²) in [5.41, 5.74) is 0. The van der Waals surface area contributed by atoms with Crippen LogP contribution in [0, 0.1) is 5.92 Å². The van der Waals surface area contributed by atoms with Gasteiger partial charge in [0.25, 0.3) is 0 Å². The molecule has 1 unspecified atom stereocenters. The fourth-order valence-corrected chi connectivity index (χ4v) is 4.30. The molecule has 106 valence electrons. The molecular weight excluding hydrogens is 248 g/mol. The summed E-state index contributed by atoms with van der Waals surface area (Å²) in [7, 11) is -2.75. The highest BCUT2D eigenvalue weighted by Gasteiger charge is 2.19. The van der Waals surface area contributed by atoms with Crippen molar-refractivity contribution in [2.24, 2.45) is 5.92 Å². The highest BCUT2D eigenvalue weighted by molar-refractivity contribution is 7.91. The Hall–Kier alpha value is -0.130. The van der Waals surface area contributed by atoms with Crippen LogP contribution in [0.25, 0.3) is 0 Å². The zero-order valence-corrected chi connectivity index (χ0v) is 12.1. The Balaban J connectivity index is 1.64. The summed E-state index contributed by atoms with van der Waals surface area (Å²) in [6.07, 6.45) is 5.99. The molecule has 0 radical (unpaired) electrons. The van der Waals surface area contributed by atoms with Gasteiger partial charge in [-0.2, -0.15) is 0 Å². The molecule has 5 heteroatoms. The second kappa shape index (κ2) is 6.87. The van der Waals surface area contributed by atoms with E-state index in [0.29, 0.717) is 11.5 Å². The normalized spacial score (nSPS) is 29.9. The maximum Gasteiger partial charge on any atom is 0.151 e. The minimum Gasteiger partial charge on any atom is -0.316 e. The lowest BCUT2D eigenvalue weighted by Gasteiger charge is -2.24. The van der Waals surface area contributed by atoms with Crippen molar-refractivity contribution in [1.29, 1.82) is 0 Å². The molecule has 0 aromatic rings. The molecule has 1 atom stereocenters. The van der Waals surface area contributed by atoms with Gasteiger partial charge in [0, 0.05) is 6.54 Å². The maximum absolute atomic E-state index is 11.5. The van der Waals surface area contributed by atoms with E-state index in [-0.39, 0.29) is 0 Å². The topological polar surface area (TPSA) is 49.4 Å². The van der Waals surface area contributed by atoms with Gasteiger partial charge < -0.3 is 10.2 Å². The Bertz CT molecular complexity index is 337. The zero-order chi connectivity index (χ0) is 12.8. The summed E-state index contributed by atoms with van der Waals surface area (Å²) >= 11 is 0. The molecule has 2 rings (SSSR count). The lowest BCUT2D eigenvalue weighted by atomic mass is 9.94. The molecule has 1 N–H and O–H groups in total. The Morgan fingerprint density at radius 1 is 1.17 bits per heavy atom. The number of rotatable bonds is 4. The van der Waals surface area contributed by atoms with E-state index in [9.17, 15) is 8.42 Å². The van der Waals surface area contributed by atoms with Gasteiger partial charge in [0.15, 0.2) is 9.84 Å². The van der Waals surface area contributed by atoms with Crippen molar-refractivity contribution in [1.82, 2.24) is 10.2 Å². The number of nitrogens with zero attached hydrogens (tertiary/aromatic N) is 1. The zero-order valence-electron chi connectivity index (χ0n) is 11.2. The van der Waals surface area contributed by atoms with Crippen molar-refractivity contribution in [2.45, 2.75) is 32.1 Å². The Morgan fingerprint density at radius 2 is 2.06 bits per heavy atom. The minimum atomic E-state index is -2.75. The number of sulfone groups is 1. The maximum atomic E-state index is 11.5. The molecule has 2 aliphatic heterocycles. The third kappa shape index (κ3) is 4.86. The highest BCUT2D eigenvalue weighted by Crippen LogP contribution is 2.16. The molecular formula is C13H26N2O2S. The van der Waals surface area contributed by atoms with Crippen LogP contribution >= 0.6 is 0 Å². The van der Waals surface area contributed by atoms with Gasteiger partial charge in [0.2, 0.25) is 0 Å². The molecule has 0 spiro atoms. The van der Waals surface area contributed by atoms with Crippen molar-refractivity contribution >= 4 is 9.84 Å². The van der Waals surface area contributed by atoms with E-state index in [4.69, 9.17) is 0 Å². The second-order valence-electron chi connectivity index (χ2n) is 5.70. The van der Waals surface area contributed by atoms with Crippen molar-refractivity contribution in [3.63, 3.8) is 0 Å². The Labute approximate surface area is 111 Å². The van der Waals surface area contributed by atoms with Gasteiger partial charge in [0.05, 0.1) is 11.5 Å². The van der Waals surface area contributed by atoms with E-state index >= 15 is 0 Å². The molecule has 2 aliphatic rings. The molecule has 0 bridgehead atoms. The van der Waals surface area contributed by atoms with E-state index in [1.165, 1.54) is 38.8 Å². The first-order valence-corrected chi connectivity index (χ1v) is 9.11. The SMILES string of the molecule is O=S1(=O)CCCN(CCCC2CCCNC2)CC1. The lowest BCUT2D eigenvalue weighted by molar-refractivity contribution is 0.268. The predicted molar refractivity (Wildman–Crippen MR) is 74.5 cm³/mol. The van der Waals surface area contributed by atoms with Crippen molar-refractivity contribution < 1.29 is 8.42 Å². The fraction of sp³-hybridized carbons (Fsp3) is 1.00. The van der Waals surface area contributed by atoms with Crippen molar-refractivity contribution in [3.05, 3.63) is 0 Å². The molecule has 0 amide bonds. The average Bonchev–Trinajstić information content (AvgIpc) is 2.52. The summed E-state index contributed by atoms with van der Waals surface area (Å²) in [5, 5.41) is 3.45. The predicted octanol–water partition coefficient (Wildman–Crippen LogP) is 0.887. The third-order valence-electron chi connectivity index (χ3n) is 4.13. The van der Waals surface area contributed by atoms with E-state index in [1.807, 2.05) is 0 Å². The molecule has 2 heterocycles. The molecule has 0 aromatic carbocycles. The monoisotopic (exact) mass is 274 g/mol. The number of hydrogen-bond acceptors (Lipinski definition) is 4. The lowest BCUT2D eigenvalue weighted by Crippen LogP contribution is -2.31. The van der Waals surface area contributed by atoms with Crippen LogP contribution in [0.4, 0.5) is 0 Å². The standard InChI is InChI=1S/C13H26N2O2S/c16-18(17)10-3-8-15(9-11-18)7-2-5-13-4-1-6-14-12-13/h13-14H,1-12H2. The van der Waals surface area contributed by atoms with E-state index in [1.54, 1.807) is 0 Å². The Morgan fingerprint density at radius 3 is 2.83 bits per heavy atom. The smallest absolute Gasteiger partial charge is 0.151 e. The molecule has 0 saturated carbocycles. The van der Waals surface area contributed by atoms with Gasteiger partial charge in [-0.3, -0.25) is 0 Å². The first-order valence-electron chi connectivity index (χ1n) is 7.29. The molecule has 18 heavy (non-hydrogen) atoms. The van der Waals surface area contributed by atoms with Crippen LogP contribution in [-0.2, 0) is 9.84 Å². The number of nitrogens with one attached hydrogen (secondary N) is 1. The second-order valence-corrected chi connectivity index (χ2v) is 8.01. The molecule has 0 aromatic heterocycles. The summed E-state index contributed by atoms with van der Waals surface area (Å²) < 4.78 is 23.0. The van der Waals surface area contributed by atoms with E-state index in [0.717, 1.165) is 32.0 Å². The molecule has 0 aliphatic carbocycles. The van der Waals surface area contributed by atoms with Crippen molar-refractivity contribution in [3.8, 4) is 0 Å². The van der Waals surface area contributed by atoms with Crippen molar-refractivity contribution in [2.75, 3.05) is 44.2 Å². The molecule has 2 saturated heterocycles. The van der Waals surface area contributed by atoms with Crippen LogP contribution in [0.15, 0.2) is 0 Å². The van der Waals surface area contributed by atoms with Crippen LogP contribution in [0.5, 0.6) is 0 Å². The third-order valence-corrected chi connectivity index (χ3v) is 5.85.